The second-order valence-corrected chi connectivity index (χ2v) is 7.16. The van der Waals surface area contributed by atoms with E-state index in [-0.39, 0.29) is 17.9 Å². The van der Waals surface area contributed by atoms with Gasteiger partial charge in [0.05, 0.1) is 0 Å². The smallest absolute Gasteiger partial charge is 0.251 e. The molecular formula is C20H25N5O2. The first kappa shape index (κ1) is 18.8. The first-order valence-electron chi connectivity index (χ1n) is 9.01. The van der Waals surface area contributed by atoms with E-state index in [2.05, 4.69) is 15.3 Å². The zero-order chi connectivity index (χ0) is 19.6. The van der Waals surface area contributed by atoms with E-state index in [1.54, 1.807) is 30.3 Å². The molecule has 0 radical (unpaired) electrons. The molecular weight excluding hydrogens is 342 g/mol. The summed E-state index contributed by atoms with van der Waals surface area (Å²) < 4.78 is 0. The molecule has 2 heterocycles. The van der Waals surface area contributed by atoms with E-state index in [1.807, 2.05) is 38.1 Å². The average Bonchev–Trinajstić information content (AvgIpc) is 2.65. The quantitative estimate of drug-likeness (QED) is 0.893. The molecule has 2 aromatic rings. The normalized spacial score (nSPS) is 17.0. The summed E-state index contributed by atoms with van der Waals surface area (Å²) in [6, 6.07) is 7.28. The highest BCUT2D eigenvalue weighted by atomic mass is 16.2. The molecule has 7 nitrogen and oxygen atoms in total. The number of likely N-dealkylation sites (tertiary alicyclic amines) is 1. The highest BCUT2D eigenvalue weighted by Crippen LogP contribution is 2.21. The topological polar surface area (TPSA) is 78.4 Å². The number of amides is 2. The van der Waals surface area contributed by atoms with Gasteiger partial charge in [0.15, 0.2) is 5.82 Å². The molecule has 142 valence electrons. The second-order valence-electron chi connectivity index (χ2n) is 7.16. The number of aromatic nitrogens is 2. The van der Waals surface area contributed by atoms with E-state index in [1.165, 1.54) is 0 Å². The van der Waals surface area contributed by atoms with E-state index >= 15 is 0 Å². The summed E-state index contributed by atoms with van der Waals surface area (Å²) in [5.41, 5.74) is 2.35. The third kappa shape index (κ3) is 4.24. The Labute approximate surface area is 159 Å². The van der Waals surface area contributed by atoms with Gasteiger partial charge in [-0.2, -0.15) is 0 Å². The number of aryl methyl sites for hydroxylation is 1. The van der Waals surface area contributed by atoms with Crippen molar-refractivity contribution in [3.05, 3.63) is 41.6 Å². The molecule has 1 aliphatic rings. The first-order chi connectivity index (χ1) is 12.8. The Kier molecular flexibility index (Phi) is 5.39. The summed E-state index contributed by atoms with van der Waals surface area (Å²) in [4.78, 5) is 36.9. The fourth-order valence-corrected chi connectivity index (χ4v) is 3.22. The minimum absolute atomic E-state index is 0.0279. The summed E-state index contributed by atoms with van der Waals surface area (Å²) >= 11 is 0. The Morgan fingerprint density at radius 1 is 1.33 bits per heavy atom. The summed E-state index contributed by atoms with van der Waals surface area (Å²) in [7, 11) is 5.64. The van der Waals surface area contributed by atoms with Crippen LogP contribution >= 0.6 is 0 Å². The van der Waals surface area contributed by atoms with E-state index in [4.69, 9.17) is 0 Å². The minimum atomic E-state index is -0.149. The average molecular weight is 367 g/mol. The van der Waals surface area contributed by atoms with Crippen molar-refractivity contribution in [2.75, 3.05) is 32.6 Å². The molecule has 0 saturated carbocycles. The van der Waals surface area contributed by atoms with Gasteiger partial charge in [-0.1, -0.05) is 12.1 Å². The van der Waals surface area contributed by atoms with Crippen molar-refractivity contribution in [3.63, 3.8) is 0 Å². The fourth-order valence-electron chi connectivity index (χ4n) is 3.22. The van der Waals surface area contributed by atoms with Crippen molar-refractivity contribution in [1.82, 2.24) is 20.2 Å². The van der Waals surface area contributed by atoms with Crippen molar-refractivity contribution in [3.8, 4) is 11.4 Å². The molecule has 0 unspecified atom stereocenters. The molecule has 1 aromatic carbocycles. The predicted octanol–water partition coefficient (Wildman–Crippen LogP) is 1.87. The van der Waals surface area contributed by atoms with Gasteiger partial charge < -0.3 is 15.1 Å². The van der Waals surface area contributed by atoms with Gasteiger partial charge in [-0.3, -0.25) is 9.59 Å². The van der Waals surface area contributed by atoms with Crippen LogP contribution in [-0.2, 0) is 4.79 Å². The lowest BCUT2D eigenvalue weighted by Crippen LogP contribution is -2.48. The van der Waals surface area contributed by atoms with Crippen LogP contribution in [0.3, 0.4) is 0 Å². The molecule has 1 atom stereocenters. The fraction of sp³-hybridized carbons (Fsp3) is 0.400. The lowest BCUT2D eigenvalue weighted by Gasteiger charge is -2.30. The highest BCUT2D eigenvalue weighted by molar-refractivity contribution is 5.95. The number of rotatable bonds is 4. The summed E-state index contributed by atoms with van der Waals surface area (Å²) in [5, 5.41) is 3.02. The van der Waals surface area contributed by atoms with Crippen LogP contribution in [0, 0.1) is 6.92 Å². The van der Waals surface area contributed by atoms with Gasteiger partial charge in [0.25, 0.3) is 5.91 Å². The van der Waals surface area contributed by atoms with E-state index in [0.29, 0.717) is 30.8 Å². The molecule has 7 heteroatoms. The van der Waals surface area contributed by atoms with Crippen LogP contribution in [0.25, 0.3) is 11.4 Å². The number of benzene rings is 1. The standard InChI is InChI=1S/C20H25N5O2/c1-13-11-21-18(23-19(13)24(2)3)14-6-5-7-15(10-14)20(27)22-16-8-9-17(26)25(4)12-16/h5-7,10-11,16H,8-9,12H2,1-4H3,(H,22,27)/t16-/m1/s1. The zero-order valence-electron chi connectivity index (χ0n) is 16.2. The van der Waals surface area contributed by atoms with E-state index in [0.717, 1.165) is 16.9 Å². The highest BCUT2D eigenvalue weighted by Gasteiger charge is 2.24. The van der Waals surface area contributed by atoms with Crippen LogP contribution in [-0.4, -0.2) is 60.4 Å². The number of nitrogens with zero attached hydrogens (tertiary/aromatic N) is 4. The van der Waals surface area contributed by atoms with Crippen molar-refractivity contribution < 1.29 is 9.59 Å². The molecule has 1 N–H and O–H groups in total. The minimum Gasteiger partial charge on any atom is -0.362 e. The molecule has 1 saturated heterocycles. The molecule has 3 rings (SSSR count). The van der Waals surface area contributed by atoms with Crippen LogP contribution in [0.5, 0.6) is 0 Å². The Morgan fingerprint density at radius 2 is 2.11 bits per heavy atom. The maximum atomic E-state index is 12.7. The Balaban J connectivity index is 1.78. The lowest BCUT2D eigenvalue weighted by atomic mass is 10.0. The van der Waals surface area contributed by atoms with Crippen molar-refractivity contribution in [2.24, 2.45) is 0 Å². The van der Waals surface area contributed by atoms with Crippen molar-refractivity contribution >= 4 is 17.6 Å². The maximum absolute atomic E-state index is 12.7. The van der Waals surface area contributed by atoms with Gasteiger partial charge >= 0.3 is 0 Å². The van der Waals surface area contributed by atoms with Gasteiger partial charge in [-0.15, -0.1) is 0 Å². The molecule has 27 heavy (non-hydrogen) atoms. The van der Waals surface area contributed by atoms with Gasteiger partial charge in [0.1, 0.15) is 5.82 Å². The molecule has 1 aromatic heterocycles. The van der Waals surface area contributed by atoms with Crippen LogP contribution in [0.4, 0.5) is 5.82 Å². The number of hydrogen-bond donors (Lipinski definition) is 1. The van der Waals surface area contributed by atoms with Crippen LogP contribution < -0.4 is 10.2 Å². The molecule has 1 aliphatic heterocycles. The van der Waals surface area contributed by atoms with Crippen LogP contribution in [0.15, 0.2) is 30.5 Å². The molecule has 0 spiro atoms. The van der Waals surface area contributed by atoms with Gasteiger partial charge in [-0.25, -0.2) is 9.97 Å². The number of piperidine rings is 1. The number of nitrogens with one attached hydrogen (secondary N) is 1. The number of anilines is 1. The Hall–Kier alpha value is -2.96. The number of hydrogen-bond acceptors (Lipinski definition) is 5. The zero-order valence-corrected chi connectivity index (χ0v) is 16.2. The van der Waals surface area contributed by atoms with Gasteiger partial charge in [0, 0.05) is 63.0 Å². The van der Waals surface area contributed by atoms with Crippen molar-refractivity contribution in [2.45, 2.75) is 25.8 Å². The molecule has 0 aliphatic carbocycles. The number of carbonyl (C=O) groups excluding carboxylic acids is 2. The van der Waals surface area contributed by atoms with E-state index in [9.17, 15) is 9.59 Å². The Bertz CT molecular complexity index is 865. The molecule has 0 bridgehead atoms. The first-order valence-corrected chi connectivity index (χ1v) is 9.01. The molecule has 2 amide bonds. The van der Waals surface area contributed by atoms with Gasteiger partial charge in [0.2, 0.25) is 5.91 Å². The lowest BCUT2D eigenvalue weighted by molar-refractivity contribution is -0.132. The summed E-state index contributed by atoms with van der Waals surface area (Å²) in [6.07, 6.45) is 2.92. The predicted molar refractivity (Wildman–Crippen MR) is 105 cm³/mol. The monoisotopic (exact) mass is 367 g/mol. The van der Waals surface area contributed by atoms with Gasteiger partial charge in [-0.05, 0) is 25.5 Å². The van der Waals surface area contributed by atoms with Crippen molar-refractivity contribution in [1.29, 1.82) is 0 Å². The Morgan fingerprint density at radius 3 is 2.81 bits per heavy atom. The third-order valence-corrected chi connectivity index (χ3v) is 4.71. The largest absolute Gasteiger partial charge is 0.362 e. The van der Waals surface area contributed by atoms with E-state index < -0.39 is 0 Å². The number of likely N-dealkylation sites (N-methyl/N-ethyl adjacent to an activating group) is 1. The third-order valence-electron chi connectivity index (χ3n) is 4.71. The SMILES string of the molecule is Cc1cnc(-c2cccc(C(=O)N[C@@H]3CCC(=O)N(C)C3)c2)nc1N(C)C. The van der Waals surface area contributed by atoms with Crippen LogP contribution in [0.2, 0.25) is 0 Å². The maximum Gasteiger partial charge on any atom is 0.251 e. The molecule has 1 fully saturated rings. The van der Waals surface area contributed by atoms with Crippen LogP contribution in [0.1, 0.15) is 28.8 Å². The second kappa shape index (κ2) is 7.73. The summed E-state index contributed by atoms with van der Waals surface area (Å²) in [6.45, 7) is 2.51. The summed E-state index contributed by atoms with van der Waals surface area (Å²) in [5.74, 6) is 1.41. The number of carbonyl (C=O) groups is 2.